The van der Waals surface area contributed by atoms with Crippen molar-refractivity contribution in [1.82, 2.24) is 0 Å². The van der Waals surface area contributed by atoms with Crippen LogP contribution in [-0.4, -0.2) is 37.2 Å². The lowest BCUT2D eigenvalue weighted by molar-refractivity contribution is -0.167. The predicted molar refractivity (Wildman–Crippen MR) is 316 cm³/mol. The van der Waals surface area contributed by atoms with Crippen molar-refractivity contribution in [2.45, 2.75) is 322 Å². The molecule has 0 aromatic heterocycles. The van der Waals surface area contributed by atoms with Crippen molar-refractivity contribution in [3.05, 3.63) is 72.9 Å². The van der Waals surface area contributed by atoms with Crippen LogP contribution in [0.1, 0.15) is 316 Å². The summed E-state index contributed by atoms with van der Waals surface area (Å²) in [5.74, 6) is -0.918. The van der Waals surface area contributed by atoms with Crippen molar-refractivity contribution in [3.63, 3.8) is 0 Å². The molecule has 1 atom stereocenters. The van der Waals surface area contributed by atoms with Gasteiger partial charge in [0.1, 0.15) is 13.2 Å². The Morgan fingerprint density at radius 3 is 0.904 bits per heavy atom. The van der Waals surface area contributed by atoms with E-state index in [9.17, 15) is 14.4 Å². The van der Waals surface area contributed by atoms with Crippen LogP contribution in [0.4, 0.5) is 0 Å². The second kappa shape index (κ2) is 61.4. The van der Waals surface area contributed by atoms with Gasteiger partial charge in [-0.3, -0.25) is 14.4 Å². The summed E-state index contributed by atoms with van der Waals surface area (Å²) >= 11 is 0. The molecule has 0 aliphatic rings. The summed E-state index contributed by atoms with van der Waals surface area (Å²) < 4.78 is 16.8. The zero-order valence-corrected chi connectivity index (χ0v) is 48.4. The van der Waals surface area contributed by atoms with Gasteiger partial charge in [0.25, 0.3) is 0 Å². The molecule has 6 nitrogen and oxygen atoms in total. The van der Waals surface area contributed by atoms with Gasteiger partial charge in [0.2, 0.25) is 0 Å². The Hall–Kier alpha value is -3.15. The van der Waals surface area contributed by atoms with Crippen molar-refractivity contribution in [1.29, 1.82) is 0 Å². The highest BCUT2D eigenvalue weighted by Crippen LogP contribution is 2.17. The van der Waals surface area contributed by atoms with E-state index < -0.39 is 6.10 Å². The molecule has 0 aromatic rings. The molecule has 6 heteroatoms. The first-order valence-corrected chi connectivity index (χ1v) is 31.4. The normalized spacial score (nSPS) is 12.5. The molecule has 0 bridgehead atoms. The topological polar surface area (TPSA) is 78.9 Å². The molecule has 73 heavy (non-hydrogen) atoms. The van der Waals surface area contributed by atoms with E-state index in [1.54, 1.807) is 0 Å². The van der Waals surface area contributed by atoms with Gasteiger partial charge < -0.3 is 14.2 Å². The SMILES string of the molecule is CC/C=C\C/C=C\C/C=C\CCCCCC(=O)OC(COC(=O)CCCCCCC/C=C\CCCC)COC(=O)CCCCCCCCCCCCCCCCCCCCC/C=C\C/C=C\CCCCCCC. The van der Waals surface area contributed by atoms with Crippen LogP contribution < -0.4 is 0 Å². The van der Waals surface area contributed by atoms with E-state index in [0.717, 1.165) is 96.3 Å². The number of rotatable bonds is 57. The Bertz CT molecular complexity index is 1360. The minimum absolute atomic E-state index is 0.0876. The monoisotopic (exact) mass is 1020 g/mol. The molecule has 0 aliphatic heterocycles. The Morgan fingerprint density at radius 1 is 0.288 bits per heavy atom. The number of hydrogen-bond donors (Lipinski definition) is 0. The molecule has 0 aliphatic carbocycles. The molecule has 0 heterocycles. The number of carbonyl (C=O) groups excluding carboxylic acids is 3. The maximum absolute atomic E-state index is 12.8. The maximum Gasteiger partial charge on any atom is 0.306 e. The lowest BCUT2D eigenvalue weighted by atomic mass is 10.0. The summed E-state index contributed by atoms with van der Waals surface area (Å²) in [4.78, 5) is 38.1. The van der Waals surface area contributed by atoms with Crippen LogP contribution in [0.3, 0.4) is 0 Å². The number of hydrogen-bond acceptors (Lipinski definition) is 6. The summed E-state index contributed by atoms with van der Waals surface area (Å²) in [7, 11) is 0. The summed E-state index contributed by atoms with van der Waals surface area (Å²) in [6, 6.07) is 0. The molecule has 0 amide bonds. The van der Waals surface area contributed by atoms with Gasteiger partial charge in [0.15, 0.2) is 6.10 Å². The third-order valence-electron chi connectivity index (χ3n) is 13.7. The smallest absolute Gasteiger partial charge is 0.306 e. The fraction of sp³-hybridized carbons (Fsp3) is 0.776. The van der Waals surface area contributed by atoms with E-state index in [2.05, 4.69) is 93.7 Å². The van der Waals surface area contributed by atoms with E-state index in [1.165, 1.54) is 180 Å². The molecule has 0 radical (unpaired) electrons. The third-order valence-corrected chi connectivity index (χ3v) is 13.7. The van der Waals surface area contributed by atoms with E-state index in [-0.39, 0.29) is 31.1 Å². The zero-order valence-electron chi connectivity index (χ0n) is 48.4. The average Bonchev–Trinajstić information content (AvgIpc) is 3.39. The van der Waals surface area contributed by atoms with E-state index in [0.29, 0.717) is 19.3 Å². The van der Waals surface area contributed by atoms with Gasteiger partial charge in [-0.1, -0.05) is 267 Å². The summed E-state index contributed by atoms with van der Waals surface area (Å²) in [6.45, 7) is 6.47. The Kier molecular flexibility index (Phi) is 58.7. The lowest BCUT2D eigenvalue weighted by Crippen LogP contribution is -2.30. The van der Waals surface area contributed by atoms with Crippen LogP contribution in [0.15, 0.2) is 72.9 Å². The molecule has 0 aromatic carbocycles. The summed E-state index contributed by atoms with van der Waals surface area (Å²) in [5.41, 5.74) is 0. The van der Waals surface area contributed by atoms with Crippen molar-refractivity contribution in [2.24, 2.45) is 0 Å². The predicted octanol–water partition coefficient (Wildman–Crippen LogP) is 21.3. The van der Waals surface area contributed by atoms with Crippen LogP contribution >= 0.6 is 0 Å². The van der Waals surface area contributed by atoms with Crippen molar-refractivity contribution < 1.29 is 28.6 Å². The molecule has 0 rings (SSSR count). The van der Waals surface area contributed by atoms with Crippen molar-refractivity contribution in [2.75, 3.05) is 13.2 Å². The first-order chi connectivity index (χ1) is 36.0. The first kappa shape index (κ1) is 69.8. The van der Waals surface area contributed by atoms with Gasteiger partial charge in [-0.15, -0.1) is 0 Å². The van der Waals surface area contributed by atoms with Crippen LogP contribution in [0.5, 0.6) is 0 Å². The Labute approximate surface area is 453 Å². The molecule has 422 valence electrons. The van der Waals surface area contributed by atoms with E-state index >= 15 is 0 Å². The maximum atomic E-state index is 12.8. The number of ether oxygens (including phenoxy) is 3. The first-order valence-electron chi connectivity index (χ1n) is 31.4. The average molecular weight is 1020 g/mol. The quantitative estimate of drug-likeness (QED) is 0.0261. The fourth-order valence-electron chi connectivity index (χ4n) is 8.94. The Morgan fingerprint density at radius 2 is 0.548 bits per heavy atom. The number of unbranched alkanes of at least 4 members (excludes halogenated alkanes) is 34. The van der Waals surface area contributed by atoms with Crippen LogP contribution in [0.25, 0.3) is 0 Å². The molecule has 0 saturated heterocycles. The molecule has 0 N–H and O–H groups in total. The minimum atomic E-state index is -0.792. The summed E-state index contributed by atoms with van der Waals surface area (Å²) in [6.07, 6.45) is 79.4. The highest BCUT2D eigenvalue weighted by Gasteiger charge is 2.19. The Balaban J connectivity index is 4.10. The second-order valence-electron chi connectivity index (χ2n) is 20.9. The molecule has 0 spiro atoms. The van der Waals surface area contributed by atoms with Gasteiger partial charge in [-0.25, -0.2) is 0 Å². The van der Waals surface area contributed by atoms with Gasteiger partial charge in [0, 0.05) is 19.3 Å². The summed E-state index contributed by atoms with van der Waals surface area (Å²) in [5, 5.41) is 0. The van der Waals surface area contributed by atoms with Crippen LogP contribution in [-0.2, 0) is 28.6 Å². The van der Waals surface area contributed by atoms with Crippen LogP contribution in [0.2, 0.25) is 0 Å². The highest BCUT2D eigenvalue weighted by atomic mass is 16.6. The molecular formula is C67H118O6. The lowest BCUT2D eigenvalue weighted by Gasteiger charge is -2.18. The molecule has 0 saturated carbocycles. The number of allylic oxidation sites excluding steroid dienone is 12. The fourth-order valence-corrected chi connectivity index (χ4v) is 8.94. The van der Waals surface area contributed by atoms with E-state index in [4.69, 9.17) is 14.2 Å². The van der Waals surface area contributed by atoms with Gasteiger partial charge in [-0.05, 0) is 103 Å². The second-order valence-corrected chi connectivity index (χ2v) is 20.9. The standard InChI is InChI=1S/C67H118O6/c1-4-7-10-13-16-19-22-24-25-26-27-28-29-30-31-32-33-34-35-36-37-38-39-40-41-43-45-48-51-54-57-60-66(69)72-63-64(62-71-65(68)59-56-53-50-47-44-21-18-15-12-9-6-3)73-67(70)61-58-55-52-49-46-42-23-20-17-14-11-8-5-2/h8,11,15,17-18,20,22,24,26-27,42,46,64H,4-7,9-10,12-14,16,19,21,23,25,28-41,43-45,47-63H2,1-3H3/b11-8-,18-15-,20-17-,24-22-,27-26-,46-42-. The van der Waals surface area contributed by atoms with Gasteiger partial charge >= 0.3 is 17.9 Å². The number of esters is 3. The molecular weight excluding hydrogens is 901 g/mol. The van der Waals surface area contributed by atoms with Gasteiger partial charge in [-0.2, -0.15) is 0 Å². The molecule has 1 unspecified atom stereocenters. The minimum Gasteiger partial charge on any atom is -0.462 e. The zero-order chi connectivity index (χ0) is 52.9. The van der Waals surface area contributed by atoms with Crippen molar-refractivity contribution in [3.8, 4) is 0 Å². The third kappa shape index (κ3) is 59.6. The largest absolute Gasteiger partial charge is 0.462 e. The number of carbonyl (C=O) groups is 3. The highest BCUT2D eigenvalue weighted by molar-refractivity contribution is 5.71. The van der Waals surface area contributed by atoms with Crippen LogP contribution in [0, 0.1) is 0 Å². The van der Waals surface area contributed by atoms with E-state index in [1.807, 2.05) is 0 Å². The van der Waals surface area contributed by atoms with Crippen molar-refractivity contribution >= 4 is 17.9 Å². The molecule has 0 fully saturated rings. The van der Waals surface area contributed by atoms with Gasteiger partial charge in [0.05, 0.1) is 0 Å².